The molecule has 0 spiro atoms. The standard InChI is InChI=1S/C8H14O4.C6H10O4/c1-7(2)8(10)12-6-5-11-4-3-9;1-2-6(9)10-4-5(8)3-7/h9H,1,3-6H2,2H3;2,5,7-8H,1,3-4H2. The van der Waals surface area contributed by atoms with Crippen molar-refractivity contribution < 1.29 is 39.1 Å². The molecule has 0 aromatic rings. The molecule has 0 bridgehead atoms. The monoisotopic (exact) mass is 320 g/mol. The fourth-order valence-electron chi connectivity index (χ4n) is 0.773. The molecular weight excluding hydrogens is 296 g/mol. The summed E-state index contributed by atoms with van der Waals surface area (Å²) in [7, 11) is 0. The Hall–Kier alpha value is -1.74. The van der Waals surface area contributed by atoms with Crippen molar-refractivity contribution in [1.29, 1.82) is 0 Å². The fraction of sp³-hybridized carbons (Fsp3) is 0.571. The van der Waals surface area contributed by atoms with Crippen molar-refractivity contribution in [2.24, 2.45) is 0 Å². The zero-order valence-electron chi connectivity index (χ0n) is 12.7. The van der Waals surface area contributed by atoms with Gasteiger partial charge in [-0.05, 0) is 6.92 Å². The first-order chi connectivity index (χ1) is 10.4. The molecule has 8 heteroatoms. The van der Waals surface area contributed by atoms with Crippen LogP contribution in [0.4, 0.5) is 0 Å². The molecule has 0 saturated carbocycles. The predicted octanol–water partition coefficient (Wildman–Crippen LogP) is -0.817. The highest BCUT2D eigenvalue weighted by atomic mass is 16.6. The summed E-state index contributed by atoms with van der Waals surface area (Å²) in [6.07, 6.45) is -0.00622. The van der Waals surface area contributed by atoms with E-state index in [1.165, 1.54) is 0 Å². The Labute approximate surface area is 129 Å². The maximum Gasteiger partial charge on any atom is 0.333 e. The van der Waals surface area contributed by atoms with Crippen molar-refractivity contribution in [1.82, 2.24) is 0 Å². The molecule has 0 aromatic carbocycles. The molecule has 1 unspecified atom stereocenters. The lowest BCUT2D eigenvalue weighted by Crippen LogP contribution is -2.21. The van der Waals surface area contributed by atoms with Gasteiger partial charge in [0.1, 0.15) is 19.3 Å². The van der Waals surface area contributed by atoms with E-state index in [0.717, 1.165) is 6.08 Å². The number of carbonyl (C=O) groups is 2. The van der Waals surface area contributed by atoms with Gasteiger partial charge in [0.2, 0.25) is 0 Å². The number of carbonyl (C=O) groups excluding carboxylic acids is 2. The third kappa shape index (κ3) is 16.3. The van der Waals surface area contributed by atoms with Crippen LogP contribution in [0.1, 0.15) is 6.92 Å². The molecule has 0 aromatic heterocycles. The maximum atomic E-state index is 10.7. The van der Waals surface area contributed by atoms with Crippen molar-refractivity contribution in [3.8, 4) is 0 Å². The molecule has 0 amide bonds. The minimum absolute atomic E-state index is 0.0194. The van der Waals surface area contributed by atoms with Gasteiger partial charge in [0.05, 0.1) is 26.4 Å². The largest absolute Gasteiger partial charge is 0.460 e. The van der Waals surface area contributed by atoms with Gasteiger partial charge >= 0.3 is 11.9 Å². The van der Waals surface area contributed by atoms with E-state index in [0.29, 0.717) is 12.2 Å². The number of hydrogen-bond donors (Lipinski definition) is 3. The van der Waals surface area contributed by atoms with Crippen LogP contribution in [0.2, 0.25) is 0 Å². The van der Waals surface area contributed by atoms with Crippen molar-refractivity contribution in [2.45, 2.75) is 13.0 Å². The highest BCUT2D eigenvalue weighted by molar-refractivity contribution is 5.86. The summed E-state index contributed by atoms with van der Waals surface area (Å²) in [4.78, 5) is 21.0. The van der Waals surface area contributed by atoms with Crippen LogP contribution < -0.4 is 0 Å². The molecule has 0 radical (unpaired) electrons. The Bertz CT molecular complexity index is 340. The van der Waals surface area contributed by atoms with Crippen LogP contribution in [0.15, 0.2) is 24.8 Å². The molecule has 0 fully saturated rings. The molecule has 0 heterocycles. The number of ether oxygens (including phenoxy) is 3. The topological polar surface area (TPSA) is 123 Å². The first kappa shape index (κ1) is 22.5. The van der Waals surface area contributed by atoms with Gasteiger partial charge in [-0.1, -0.05) is 13.2 Å². The molecule has 8 nitrogen and oxygen atoms in total. The van der Waals surface area contributed by atoms with E-state index in [9.17, 15) is 9.59 Å². The molecule has 0 aliphatic carbocycles. The van der Waals surface area contributed by atoms with Crippen LogP contribution in [0, 0.1) is 0 Å². The van der Waals surface area contributed by atoms with Gasteiger partial charge in [0.15, 0.2) is 0 Å². The summed E-state index contributed by atoms with van der Waals surface area (Å²) < 4.78 is 13.9. The number of hydrogen-bond acceptors (Lipinski definition) is 8. The molecule has 1 atom stereocenters. The van der Waals surface area contributed by atoms with E-state index in [1.807, 2.05) is 0 Å². The Balaban J connectivity index is 0. The zero-order valence-corrected chi connectivity index (χ0v) is 12.7. The Kier molecular flexibility index (Phi) is 16.0. The lowest BCUT2D eigenvalue weighted by molar-refractivity contribution is -0.141. The molecule has 0 aliphatic heterocycles. The van der Waals surface area contributed by atoms with Gasteiger partial charge in [-0.3, -0.25) is 0 Å². The van der Waals surface area contributed by atoms with Crippen LogP contribution in [0.5, 0.6) is 0 Å². The minimum atomic E-state index is -0.996. The van der Waals surface area contributed by atoms with Gasteiger partial charge in [-0.25, -0.2) is 9.59 Å². The molecule has 3 N–H and O–H groups in total. The summed E-state index contributed by atoms with van der Waals surface area (Å²) in [5.74, 6) is -1.02. The number of esters is 2. The quantitative estimate of drug-likeness (QED) is 0.271. The van der Waals surface area contributed by atoms with E-state index < -0.39 is 24.6 Å². The van der Waals surface area contributed by atoms with Crippen LogP contribution in [0.25, 0.3) is 0 Å². The SMILES string of the molecule is C=C(C)C(=O)OCCOCCO.C=CC(=O)OCC(O)CO. The van der Waals surface area contributed by atoms with Crippen molar-refractivity contribution in [2.75, 3.05) is 39.6 Å². The third-order valence-corrected chi connectivity index (χ3v) is 1.84. The Morgan fingerprint density at radius 3 is 2.27 bits per heavy atom. The number of aliphatic hydroxyl groups is 3. The predicted molar refractivity (Wildman–Crippen MR) is 77.9 cm³/mol. The summed E-state index contributed by atoms with van der Waals surface area (Å²) in [6, 6.07) is 0. The van der Waals surface area contributed by atoms with Gasteiger partial charge in [-0.2, -0.15) is 0 Å². The molecule has 128 valence electrons. The minimum Gasteiger partial charge on any atom is -0.460 e. The second-order valence-corrected chi connectivity index (χ2v) is 3.92. The Morgan fingerprint density at radius 2 is 1.82 bits per heavy atom. The molecule has 0 saturated heterocycles. The molecule has 22 heavy (non-hydrogen) atoms. The second kappa shape index (κ2) is 15.6. The van der Waals surface area contributed by atoms with Crippen LogP contribution >= 0.6 is 0 Å². The summed E-state index contributed by atoms with van der Waals surface area (Å²) in [5.41, 5.74) is 0.372. The lowest BCUT2D eigenvalue weighted by Gasteiger charge is -2.05. The molecule has 0 rings (SSSR count). The highest BCUT2D eigenvalue weighted by Crippen LogP contribution is 1.91. The number of aliphatic hydroxyl groups excluding tert-OH is 3. The van der Waals surface area contributed by atoms with Crippen molar-refractivity contribution >= 4 is 11.9 Å². The molecule has 0 aliphatic rings. The second-order valence-electron chi connectivity index (χ2n) is 3.92. The fourth-order valence-corrected chi connectivity index (χ4v) is 0.773. The van der Waals surface area contributed by atoms with Crippen LogP contribution in [-0.2, 0) is 23.8 Å². The van der Waals surface area contributed by atoms with Crippen molar-refractivity contribution in [3.05, 3.63) is 24.8 Å². The lowest BCUT2D eigenvalue weighted by atomic mass is 10.4. The van der Waals surface area contributed by atoms with Crippen LogP contribution in [0.3, 0.4) is 0 Å². The highest BCUT2D eigenvalue weighted by Gasteiger charge is 2.03. The van der Waals surface area contributed by atoms with Gasteiger partial charge in [0, 0.05) is 11.6 Å². The third-order valence-electron chi connectivity index (χ3n) is 1.84. The smallest absolute Gasteiger partial charge is 0.333 e. The first-order valence-electron chi connectivity index (χ1n) is 6.48. The summed E-state index contributed by atoms with van der Waals surface area (Å²) >= 11 is 0. The van der Waals surface area contributed by atoms with Gasteiger partial charge < -0.3 is 29.5 Å². The number of rotatable bonds is 10. The summed E-state index contributed by atoms with van der Waals surface area (Å²) in [5, 5.41) is 25.2. The van der Waals surface area contributed by atoms with E-state index in [2.05, 4.69) is 17.9 Å². The maximum absolute atomic E-state index is 10.7. The van der Waals surface area contributed by atoms with Crippen molar-refractivity contribution in [3.63, 3.8) is 0 Å². The first-order valence-corrected chi connectivity index (χ1v) is 6.48. The summed E-state index contributed by atoms with van der Waals surface area (Å²) in [6.45, 7) is 8.29. The molecular formula is C14H24O8. The van der Waals surface area contributed by atoms with E-state index in [4.69, 9.17) is 24.8 Å². The van der Waals surface area contributed by atoms with Crippen LogP contribution in [-0.4, -0.2) is 73.0 Å². The zero-order chi connectivity index (χ0) is 17.4. The van der Waals surface area contributed by atoms with Gasteiger partial charge in [0.25, 0.3) is 0 Å². The van der Waals surface area contributed by atoms with E-state index in [-0.39, 0.29) is 26.4 Å². The van der Waals surface area contributed by atoms with Gasteiger partial charge in [-0.15, -0.1) is 0 Å². The van der Waals surface area contributed by atoms with E-state index >= 15 is 0 Å². The Morgan fingerprint density at radius 1 is 1.18 bits per heavy atom. The normalized spacial score (nSPS) is 10.7. The average Bonchev–Trinajstić information content (AvgIpc) is 2.52. The van der Waals surface area contributed by atoms with E-state index in [1.54, 1.807) is 6.92 Å². The average molecular weight is 320 g/mol.